The number of nitrogens with two attached hydrogens (primary N) is 1. The zero-order chi connectivity index (χ0) is 19.8. The molecule has 3 N–H and O–H groups in total. The number of benzene rings is 2. The summed E-state index contributed by atoms with van der Waals surface area (Å²) in [6.07, 6.45) is 0. The number of fused-ring (bicyclic) bond motifs is 1. The van der Waals surface area contributed by atoms with E-state index in [0.717, 1.165) is 16.9 Å². The van der Waals surface area contributed by atoms with Crippen LogP contribution >= 0.6 is 12.4 Å². The van der Waals surface area contributed by atoms with E-state index >= 15 is 0 Å². The predicted molar refractivity (Wildman–Crippen MR) is 112 cm³/mol. The highest BCUT2D eigenvalue weighted by Crippen LogP contribution is 2.28. The number of carbonyl (C=O) groups excluding carboxylic acids is 1. The summed E-state index contributed by atoms with van der Waals surface area (Å²) < 4.78 is 15.0. The van der Waals surface area contributed by atoms with Crippen molar-refractivity contribution in [1.29, 1.82) is 0 Å². The molecule has 0 atom stereocenters. The zero-order valence-electron chi connectivity index (χ0n) is 15.7. The monoisotopic (exact) mass is 412 g/mol. The fourth-order valence-corrected chi connectivity index (χ4v) is 3.01. The molecule has 0 aliphatic heterocycles. The third kappa shape index (κ3) is 3.88. The second-order valence-electron chi connectivity index (χ2n) is 6.38. The highest BCUT2D eigenvalue weighted by molar-refractivity contribution is 5.94. The molecule has 0 radical (unpaired) electrons. The Morgan fingerprint density at radius 1 is 1.07 bits per heavy atom. The number of primary amides is 1. The minimum Gasteiger partial charge on any atom is -0.366 e. The molecule has 0 unspecified atom stereocenters. The van der Waals surface area contributed by atoms with E-state index in [-0.39, 0.29) is 18.2 Å². The summed E-state index contributed by atoms with van der Waals surface area (Å²) >= 11 is 0. The molecule has 29 heavy (non-hydrogen) atoms. The number of halogens is 2. The van der Waals surface area contributed by atoms with Crippen LogP contribution < -0.4 is 11.1 Å². The van der Waals surface area contributed by atoms with Crippen LogP contribution in [0.5, 0.6) is 0 Å². The van der Waals surface area contributed by atoms with E-state index in [2.05, 4.69) is 20.4 Å². The summed E-state index contributed by atoms with van der Waals surface area (Å²) in [4.78, 5) is 20.5. The largest absolute Gasteiger partial charge is 0.366 e. The summed E-state index contributed by atoms with van der Waals surface area (Å²) in [6, 6.07) is 12.8. The predicted octanol–water partition coefficient (Wildman–Crippen LogP) is 3.74. The van der Waals surface area contributed by atoms with Gasteiger partial charge in [0.05, 0.1) is 5.69 Å². The van der Waals surface area contributed by atoms with E-state index < -0.39 is 5.91 Å². The van der Waals surface area contributed by atoms with Gasteiger partial charge in [0, 0.05) is 23.9 Å². The van der Waals surface area contributed by atoms with Gasteiger partial charge < -0.3 is 11.1 Å². The molecular weight excluding hydrogens is 395 g/mol. The summed E-state index contributed by atoms with van der Waals surface area (Å²) in [5, 5.41) is 7.68. The molecule has 2 aromatic heterocycles. The highest BCUT2D eigenvalue weighted by Gasteiger charge is 2.16. The van der Waals surface area contributed by atoms with Crippen molar-refractivity contribution >= 4 is 40.9 Å². The van der Waals surface area contributed by atoms with E-state index in [4.69, 9.17) is 5.73 Å². The Morgan fingerprint density at radius 2 is 1.72 bits per heavy atom. The summed E-state index contributed by atoms with van der Waals surface area (Å²) in [5.41, 5.74) is 9.33. The Balaban J connectivity index is 0.00000240. The lowest BCUT2D eigenvalue weighted by atomic mass is 10.2. The molecule has 0 aliphatic rings. The van der Waals surface area contributed by atoms with Gasteiger partial charge in [-0.25, -0.2) is 14.4 Å². The van der Waals surface area contributed by atoms with Crippen LogP contribution in [0.2, 0.25) is 0 Å². The van der Waals surface area contributed by atoms with Gasteiger partial charge in [-0.15, -0.1) is 12.4 Å². The number of amides is 1. The maximum atomic E-state index is 13.3. The van der Waals surface area contributed by atoms with Gasteiger partial charge in [-0.2, -0.15) is 5.10 Å². The number of hydrogen-bond acceptors (Lipinski definition) is 5. The number of anilines is 2. The average molecular weight is 413 g/mol. The molecule has 7 nitrogen and oxygen atoms in total. The molecule has 0 spiro atoms. The van der Waals surface area contributed by atoms with Gasteiger partial charge in [0.2, 0.25) is 5.91 Å². The summed E-state index contributed by atoms with van der Waals surface area (Å²) in [7, 11) is 1.82. The third-order valence-corrected chi connectivity index (χ3v) is 4.38. The van der Waals surface area contributed by atoms with Gasteiger partial charge in [-0.1, -0.05) is 0 Å². The summed E-state index contributed by atoms with van der Waals surface area (Å²) in [6.45, 7) is 1.87. The van der Waals surface area contributed by atoms with Crippen LogP contribution in [0, 0.1) is 12.7 Å². The Hall–Kier alpha value is -3.52. The van der Waals surface area contributed by atoms with Crippen LogP contribution in [0.1, 0.15) is 16.1 Å². The normalized spacial score (nSPS) is 10.6. The van der Waals surface area contributed by atoms with Crippen LogP contribution in [0.25, 0.3) is 22.4 Å². The lowest BCUT2D eigenvalue weighted by Crippen LogP contribution is -2.10. The van der Waals surface area contributed by atoms with Crippen molar-refractivity contribution in [3.8, 4) is 11.4 Å². The second-order valence-corrected chi connectivity index (χ2v) is 6.38. The third-order valence-electron chi connectivity index (χ3n) is 4.38. The molecule has 4 aromatic rings. The smallest absolute Gasteiger partial charge is 0.248 e. The fourth-order valence-electron chi connectivity index (χ4n) is 3.01. The Morgan fingerprint density at radius 3 is 2.34 bits per heavy atom. The van der Waals surface area contributed by atoms with E-state index in [9.17, 15) is 9.18 Å². The van der Waals surface area contributed by atoms with Crippen molar-refractivity contribution in [2.75, 3.05) is 5.32 Å². The Kier molecular flexibility index (Phi) is 5.47. The van der Waals surface area contributed by atoms with E-state index in [1.54, 1.807) is 41.1 Å². The van der Waals surface area contributed by atoms with Gasteiger partial charge in [0.1, 0.15) is 16.9 Å². The molecule has 2 aromatic carbocycles. The molecule has 148 valence electrons. The minimum atomic E-state index is -0.489. The van der Waals surface area contributed by atoms with Crippen molar-refractivity contribution < 1.29 is 9.18 Å². The van der Waals surface area contributed by atoms with Crippen LogP contribution in [-0.4, -0.2) is 25.7 Å². The van der Waals surface area contributed by atoms with Crippen molar-refractivity contribution in [1.82, 2.24) is 19.7 Å². The molecular formula is C20H18ClFN6O. The molecule has 0 fully saturated rings. The van der Waals surface area contributed by atoms with Crippen LogP contribution in [0.15, 0.2) is 48.5 Å². The van der Waals surface area contributed by atoms with E-state index in [0.29, 0.717) is 28.3 Å². The van der Waals surface area contributed by atoms with E-state index in [1.165, 1.54) is 12.1 Å². The van der Waals surface area contributed by atoms with Crippen LogP contribution in [0.3, 0.4) is 0 Å². The first-order chi connectivity index (χ1) is 13.4. The molecule has 0 saturated heterocycles. The standard InChI is InChI=1S/C20H17FN6O.ClH/c1-11-16-17(27(2)26-11)20(23-15-9-5-12(6-10-15)18(22)28)25-19(24-16)13-3-7-14(21)8-4-13;/h3-10H,1-2H3,(H2,22,28)(H,23,24,25);1H. The van der Waals surface area contributed by atoms with Crippen molar-refractivity contribution in [3.63, 3.8) is 0 Å². The SMILES string of the molecule is Cc1nn(C)c2c(Nc3ccc(C(N)=O)cc3)nc(-c3ccc(F)cc3)nc12.Cl. The number of aromatic nitrogens is 4. The van der Waals surface area contributed by atoms with Crippen molar-refractivity contribution in [2.45, 2.75) is 6.92 Å². The minimum absolute atomic E-state index is 0. The maximum absolute atomic E-state index is 13.3. The van der Waals surface area contributed by atoms with Crippen LogP contribution in [0.4, 0.5) is 15.9 Å². The Bertz CT molecular complexity index is 1190. The number of carbonyl (C=O) groups is 1. The quantitative estimate of drug-likeness (QED) is 0.532. The lowest BCUT2D eigenvalue weighted by Gasteiger charge is -2.10. The number of aryl methyl sites for hydroxylation is 2. The van der Waals surface area contributed by atoms with Gasteiger partial charge >= 0.3 is 0 Å². The van der Waals surface area contributed by atoms with Gasteiger partial charge in [0.15, 0.2) is 11.6 Å². The number of nitrogens with zero attached hydrogens (tertiary/aromatic N) is 4. The summed E-state index contributed by atoms with van der Waals surface area (Å²) in [5.74, 6) is 0.200. The second kappa shape index (κ2) is 7.84. The topological polar surface area (TPSA) is 98.7 Å². The lowest BCUT2D eigenvalue weighted by molar-refractivity contribution is 0.100. The first-order valence-electron chi connectivity index (χ1n) is 8.56. The molecule has 0 aliphatic carbocycles. The molecule has 0 saturated carbocycles. The van der Waals surface area contributed by atoms with Gasteiger partial charge in [0.25, 0.3) is 0 Å². The van der Waals surface area contributed by atoms with Crippen molar-refractivity contribution in [3.05, 3.63) is 65.6 Å². The molecule has 4 rings (SSSR count). The molecule has 2 heterocycles. The molecule has 0 bridgehead atoms. The number of hydrogen-bond donors (Lipinski definition) is 2. The maximum Gasteiger partial charge on any atom is 0.248 e. The Labute approximate surface area is 172 Å². The average Bonchev–Trinajstić information content (AvgIpc) is 2.97. The molecule has 1 amide bonds. The first-order valence-corrected chi connectivity index (χ1v) is 8.56. The first kappa shape index (κ1) is 20.2. The van der Waals surface area contributed by atoms with Gasteiger partial charge in [-0.05, 0) is 55.5 Å². The molecule has 9 heteroatoms. The van der Waals surface area contributed by atoms with Crippen LogP contribution in [-0.2, 0) is 7.05 Å². The highest BCUT2D eigenvalue weighted by atomic mass is 35.5. The van der Waals surface area contributed by atoms with E-state index in [1.807, 2.05) is 14.0 Å². The van der Waals surface area contributed by atoms with Crippen molar-refractivity contribution in [2.24, 2.45) is 12.8 Å². The van der Waals surface area contributed by atoms with Gasteiger partial charge in [-0.3, -0.25) is 9.48 Å². The zero-order valence-corrected chi connectivity index (χ0v) is 16.5. The fraction of sp³-hybridized carbons (Fsp3) is 0.100. The number of rotatable bonds is 4. The number of nitrogens with one attached hydrogen (secondary N) is 1.